The second-order valence-electron chi connectivity index (χ2n) is 6.72. The molecule has 1 saturated heterocycles. The number of benzene rings is 1. The minimum absolute atomic E-state index is 0.273. The van der Waals surface area contributed by atoms with Crippen LogP contribution in [0.4, 0.5) is 0 Å². The van der Waals surface area contributed by atoms with Gasteiger partial charge in [0.15, 0.2) is 0 Å². The van der Waals surface area contributed by atoms with E-state index in [0.29, 0.717) is 6.54 Å². The van der Waals surface area contributed by atoms with Crippen LogP contribution < -0.4 is 5.32 Å². The Kier molecular flexibility index (Phi) is 5.42. The van der Waals surface area contributed by atoms with E-state index >= 15 is 0 Å². The van der Waals surface area contributed by atoms with Gasteiger partial charge in [0, 0.05) is 13.1 Å². The third-order valence-corrected chi connectivity index (χ3v) is 4.87. The highest BCUT2D eigenvalue weighted by atomic mass is 16.3. The summed E-state index contributed by atoms with van der Waals surface area (Å²) < 4.78 is 5.70. The van der Waals surface area contributed by atoms with Gasteiger partial charge in [-0.1, -0.05) is 24.6 Å². The van der Waals surface area contributed by atoms with Gasteiger partial charge in [-0.05, 0) is 50.2 Å². The average Bonchev–Trinajstić information content (AvgIpc) is 3.39. The normalized spacial score (nSPS) is 16.6. The molecule has 0 bridgehead atoms. The molecule has 1 fully saturated rings. The summed E-state index contributed by atoms with van der Waals surface area (Å²) in [7, 11) is 0. The highest BCUT2D eigenvalue weighted by molar-refractivity contribution is 5.28. The first-order valence-electron chi connectivity index (χ1n) is 9.35. The largest absolute Gasteiger partial charge is 0.468 e. The molecular formula is C20H25N5O. The van der Waals surface area contributed by atoms with Gasteiger partial charge in [0.25, 0.3) is 0 Å². The highest BCUT2D eigenvalue weighted by Gasteiger charge is 2.24. The Morgan fingerprint density at radius 1 is 1.04 bits per heavy atom. The lowest BCUT2D eigenvalue weighted by atomic mass is 10.1. The Labute approximate surface area is 153 Å². The smallest absolute Gasteiger partial charge is 0.122 e. The molecule has 1 N–H and O–H groups in total. The molecular weight excluding hydrogens is 326 g/mol. The molecule has 2 aromatic heterocycles. The second kappa shape index (κ2) is 8.29. The van der Waals surface area contributed by atoms with Crippen molar-refractivity contribution in [2.24, 2.45) is 0 Å². The topological polar surface area (TPSA) is 59.1 Å². The van der Waals surface area contributed by atoms with Crippen LogP contribution in [0.2, 0.25) is 0 Å². The summed E-state index contributed by atoms with van der Waals surface area (Å²) in [5.41, 5.74) is 1.91. The van der Waals surface area contributed by atoms with Gasteiger partial charge >= 0.3 is 0 Å². The lowest BCUT2D eigenvalue weighted by molar-refractivity contribution is 0.142. The third kappa shape index (κ3) is 4.03. The number of likely N-dealkylation sites (tertiary alicyclic amines) is 1. The number of hydrogen-bond acceptors (Lipinski definition) is 5. The Morgan fingerprint density at radius 2 is 1.88 bits per heavy atom. The van der Waals surface area contributed by atoms with Gasteiger partial charge in [0.2, 0.25) is 0 Å². The molecule has 6 heteroatoms. The number of rotatable bonds is 7. The van der Waals surface area contributed by atoms with Gasteiger partial charge in [-0.15, -0.1) is 0 Å². The van der Waals surface area contributed by atoms with Crippen LogP contribution in [0.15, 0.2) is 59.3 Å². The minimum atomic E-state index is 0.273. The van der Waals surface area contributed by atoms with E-state index in [4.69, 9.17) is 4.42 Å². The third-order valence-electron chi connectivity index (χ3n) is 4.87. The number of hydrogen-bond donors (Lipinski definition) is 1. The predicted molar refractivity (Wildman–Crippen MR) is 99.9 cm³/mol. The van der Waals surface area contributed by atoms with Crippen molar-refractivity contribution in [3.05, 3.63) is 66.4 Å². The van der Waals surface area contributed by atoms with E-state index in [0.717, 1.165) is 36.8 Å². The van der Waals surface area contributed by atoms with Gasteiger partial charge in [-0.2, -0.15) is 15.0 Å². The van der Waals surface area contributed by atoms with Crippen molar-refractivity contribution >= 4 is 0 Å². The van der Waals surface area contributed by atoms with E-state index < -0.39 is 0 Å². The molecule has 1 aliphatic heterocycles. The number of furan rings is 1. The number of nitrogens with zero attached hydrogens (tertiary/aromatic N) is 4. The predicted octanol–water partition coefficient (Wildman–Crippen LogP) is 3.18. The number of para-hydroxylation sites is 1. The lowest BCUT2D eigenvalue weighted by Crippen LogP contribution is -2.38. The van der Waals surface area contributed by atoms with Gasteiger partial charge < -0.3 is 9.73 Å². The number of piperidine rings is 1. The fourth-order valence-electron chi connectivity index (χ4n) is 3.52. The molecule has 3 heterocycles. The Morgan fingerprint density at radius 3 is 2.65 bits per heavy atom. The first kappa shape index (κ1) is 17.0. The van der Waals surface area contributed by atoms with Crippen LogP contribution in [-0.2, 0) is 6.54 Å². The second-order valence-corrected chi connectivity index (χ2v) is 6.72. The van der Waals surface area contributed by atoms with Crippen LogP contribution in [0.25, 0.3) is 5.69 Å². The van der Waals surface area contributed by atoms with E-state index in [2.05, 4.69) is 26.5 Å². The number of nitrogens with one attached hydrogen (secondary N) is 1. The molecule has 0 aliphatic carbocycles. The van der Waals surface area contributed by atoms with E-state index in [1.807, 2.05) is 42.6 Å². The Balaban J connectivity index is 1.37. The summed E-state index contributed by atoms with van der Waals surface area (Å²) in [6.45, 7) is 3.80. The minimum Gasteiger partial charge on any atom is -0.468 e. The van der Waals surface area contributed by atoms with Crippen molar-refractivity contribution < 1.29 is 4.42 Å². The molecule has 4 rings (SSSR count). The molecule has 0 spiro atoms. The standard InChI is InChI=1S/C20H25N5O/c1-3-8-18(9-4-1)25-22-15-17(23-25)14-21-16-19(20-10-7-13-26-20)24-11-5-2-6-12-24/h1,3-4,7-10,13,15,19,21H,2,5-6,11-12,14,16H2/t19-/m0/s1. The van der Waals surface area contributed by atoms with E-state index in [9.17, 15) is 0 Å². The maximum Gasteiger partial charge on any atom is 0.122 e. The molecule has 0 unspecified atom stereocenters. The molecule has 0 radical (unpaired) electrons. The zero-order valence-corrected chi connectivity index (χ0v) is 14.9. The van der Waals surface area contributed by atoms with Crippen LogP contribution >= 0.6 is 0 Å². The zero-order chi connectivity index (χ0) is 17.6. The molecule has 3 aromatic rings. The number of aromatic nitrogens is 3. The van der Waals surface area contributed by atoms with E-state index in [-0.39, 0.29) is 6.04 Å². The van der Waals surface area contributed by atoms with Crippen LogP contribution in [0.3, 0.4) is 0 Å². The molecule has 26 heavy (non-hydrogen) atoms. The first-order valence-corrected chi connectivity index (χ1v) is 9.35. The van der Waals surface area contributed by atoms with Gasteiger partial charge in [0.1, 0.15) is 5.76 Å². The van der Waals surface area contributed by atoms with Crippen molar-refractivity contribution in [3.8, 4) is 5.69 Å². The van der Waals surface area contributed by atoms with Crippen LogP contribution in [0.5, 0.6) is 0 Å². The summed E-state index contributed by atoms with van der Waals surface area (Å²) >= 11 is 0. The molecule has 1 aliphatic rings. The summed E-state index contributed by atoms with van der Waals surface area (Å²) in [5.74, 6) is 1.03. The van der Waals surface area contributed by atoms with E-state index in [1.54, 1.807) is 11.1 Å². The quantitative estimate of drug-likeness (QED) is 0.708. The van der Waals surface area contributed by atoms with Crippen LogP contribution in [0.1, 0.15) is 36.8 Å². The molecule has 0 amide bonds. The fourth-order valence-corrected chi connectivity index (χ4v) is 3.52. The molecule has 0 saturated carbocycles. The van der Waals surface area contributed by atoms with Crippen molar-refractivity contribution in [1.29, 1.82) is 0 Å². The van der Waals surface area contributed by atoms with Gasteiger partial charge in [-0.25, -0.2) is 0 Å². The summed E-state index contributed by atoms with van der Waals surface area (Å²) in [6, 6.07) is 14.3. The van der Waals surface area contributed by atoms with Crippen LogP contribution in [0, 0.1) is 0 Å². The van der Waals surface area contributed by atoms with Gasteiger partial charge in [0.05, 0.1) is 29.9 Å². The molecule has 1 aromatic carbocycles. The lowest BCUT2D eigenvalue weighted by Gasteiger charge is -2.33. The summed E-state index contributed by atoms with van der Waals surface area (Å²) in [4.78, 5) is 4.20. The van der Waals surface area contributed by atoms with E-state index in [1.165, 1.54) is 19.3 Å². The average molecular weight is 351 g/mol. The van der Waals surface area contributed by atoms with Crippen LogP contribution in [-0.4, -0.2) is 39.5 Å². The molecule has 1 atom stereocenters. The SMILES string of the molecule is c1ccc(-n2ncc(CNC[C@@H](c3ccco3)N3CCCCC3)n2)cc1. The fraction of sp³-hybridized carbons (Fsp3) is 0.400. The summed E-state index contributed by atoms with van der Waals surface area (Å²) in [5, 5.41) is 12.5. The first-order chi connectivity index (χ1) is 12.9. The Bertz CT molecular complexity index is 778. The van der Waals surface area contributed by atoms with Crippen molar-refractivity contribution in [2.75, 3.05) is 19.6 Å². The maximum absolute atomic E-state index is 5.70. The zero-order valence-electron chi connectivity index (χ0n) is 14.9. The summed E-state index contributed by atoms with van der Waals surface area (Å²) in [6.07, 6.45) is 7.45. The van der Waals surface area contributed by atoms with Crippen molar-refractivity contribution in [1.82, 2.24) is 25.2 Å². The van der Waals surface area contributed by atoms with Gasteiger partial charge in [-0.3, -0.25) is 4.90 Å². The Hall–Kier alpha value is -2.44. The molecule has 6 nitrogen and oxygen atoms in total. The van der Waals surface area contributed by atoms with Crippen molar-refractivity contribution in [3.63, 3.8) is 0 Å². The van der Waals surface area contributed by atoms with Crippen molar-refractivity contribution in [2.45, 2.75) is 31.8 Å². The monoisotopic (exact) mass is 351 g/mol. The highest BCUT2D eigenvalue weighted by Crippen LogP contribution is 2.24. The molecule has 136 valence electrons. The maximum atomic E-state index is 5.70.